The zero-order valence-electron chi connectivity index (χ0n) is 17.6. The van der Waals surface area contributed by atoms with E-state index in [1.807, 2.05) is 35.9 Å². The van der Waals surface area contributed by atoms with Crippen molar-refractivity contribution in [3.8, 4) is 6.07 Å². The second kappa shape index (κ2) is 7.55. The van der Waals surface area contributed by atoms with Gasteiger partial charge in [0.2, 0.25) is 0 Å². The highest BCUT2D eigenvalue weighted by Gasteiger charge is 2.28. The number of hydrogen-bond donors (Lipinski definition) is 1. The fourth-order valence-corrected chi connectivity index (χ4v) is 2.64. The van der Waals surface area contributed by atoms with E-state index in [4.69, 9.17) is 15.1 Å². The topological polar surface area (TPSA) is 75.2 Å². The van der Waals surface area contributed by atoms with Gasteiger partial charge in [-0.05, 0) is 42.0 Å². The summed E-state index contributed by atoms with van der Waals surface area (Å²) in [7, 11) is 1.84. The highest BCUT2D eigenvalue weighted by Crippen LogP contribution is 2.39. The van der Waals surface area contributed by atoms with Crippen molar-refractivity contribution >= 4 is 18.1 Å². The van der Waals surface area contributed by atoms with Crippen molar-refractivity contribution in [1.82, 2.24) is 4.57 Å². The first kappa shape index (κ1) is 21.3. The SMILES string of the molecule is Cn1c(C=C2C=C(C(C)(C)C)OC(C(C)(C)C)=C2)ccc1/C=C(/C#N)C(=O)O. The van der Waals surface area contributed by atoms with Crippen molar-refractivity contribution in [1.29, 1.82) is 5.26 Å². The molecular weight excluding hydrogens is 352 g/mol. The molecule has 1 aromatic rings. The Morgan fingerprint density at radius 2 is 1.57 bits per heavy atom. The van der Waals surface area contributed by atoms with Gasteiger partial charge >= 0.3 is 5.97 Å². The average molecular weight is 380 g/mol. The van der Waals surface area contributed by atoms with Gasteiger partial charge in [0, 0.05) is 29.3 Å². The summed E-state index contributed by atoms with van der Waals surface area (Å²) in [6, 6.07) is 5.41. The van der Waals surface area contributed by atoms with Crippen molar-refractivity contribution in [2.75, 3.05) is 0 Å². The van der Waals surface area contributed by atoms with E-state index >= 15 is 0 Å². The summed E-state index contributed by atoms with van der Waals surface area (Å²) in [5.41, 5.74) is 2.01. The number of nitrogens with zero attached hydrogens (tertiary/aromatic N) is 2. The van der Waals surface area contributed by atoms with Crippen molar-refractivity contribution in [3.63, 3.8) is 0 Å². The zero-order valence-corrected chi connectivity index (χ0v) is 17.6. The molecule has 0 aliphatic carbocycles. The van der Waals surface area contributed by atoms with Crippen molar-refractivity contribution < 1.29 is 14.6 Å². The molecular formula is C23H28N2O3. The third-order valence-electron chi connectivity index (χ3n) is 4.45. The molecule has 0 radical (unpaired) electrons. The molecule has 0 unspecified atom stereocenters. The molecule has 2 rings (SSSR count). The molecule has 1 aliphatic heterocycles. The zero-order chi connectivity index (χ0) is 21.3. The molecule has 28 heavy (non-hydrogen) atoms. The molecule has 0 atom stereocenters. The fourth-order valence-electron chi connectivity index (χ4n) is 2.64. The van der Waals surface area contributed by atoms with Crippen LogP contribution in [0.2, 0.25) is 0 Å². The predicted molar refractivity (Wildman–Crippen MR) is 111 cm³/mol. The van der Waals surface area contributed by atoms with Gasteiger partial charge in [0.05, 0.1) is 0 Å². The maximum Gasteiger partial charge on any atom is 0.346 e. The third kappa shape index (κ3) is 4.83. The van der Waals surface area contributed by atoms with E-state index in [0.717, 1.165) is 22.8 Å². The van der Waals surface area contributed by atoms with Crippen LogP contribution in [0.25, 0.3) is 12.2 Å². The van der Waals surface area contributed by atoms with Crippen LogP contribution in [0.5, 0.6) is 0 Å². The Morgan fingerprint density at radius 1 is 1.07 bits per heavy atom. The largest absolute Gasteiger partial charge is 0.477 e. The average Bonchev–Trinajstić information content (AvgIpc) is 2.90. The van der Waals surface area contributed by atoms with Crippen LogP contribution in [-0.4, -0.2) is 15.6 Å². The Hall–Kier alpha value is -3.00. The van der Waals surface area contributed by atoms with Gasteiger partial charge in [0.15, 0.2) is 0 Å². The Balaban J connectivity index is 2.52. The van der Waals surface area contributed by atoms with Gasteiger partial charge in [-0.1, -0.05) is 41.5 Å². The summed E-state index contributed by atoms with van der Waals surface area (Å²) < 4.78 is 8.04. The number of carboxylic acid groups (broad SMARTS) is 1. The van der Waals surface area contributed by atoms with Gasteiger partial charge in [0.1, 0.15) is 23.2 Å². The maximum atomic E-state index is 11.1. The van der Waals surface area contributed by atoms with Gasteiger partial charge in [-0.2, -0.15) is 5.26 Å². The molecule has 5 heteroatoms. The maximum absolute atomic E-state index is 11.1. The van der Waals surface area contributed by atoms with Crippen LogP contribution in [-0.2, 0) is 16.6 Å². The van der Waals surface area contributed by atoms with E-state index in [2.05, 4.69) is 41.5 Å². The second-order valence-electron chi connectivity index (χ2n) is 8.98. The number of aliphatic carboxylic acids is 1. The lowest BCUT2D eigenvalue weighted by molar-refractivity contribution is -0.132. The van der Waals surface area contributed by atoms with Crippen LogP contribution in [0.4, 0.5) is 0 Å². The van der Waals surface area contributed by atoms with E-state index in [9.17, 15) is 4.79 Å². The first-order valence-corrected chi connectivity index (χ1v) is 9.17. The fraction of sp³-hybridized carbons (Fsp3) is 0.391. The molecule has 5 nitrogen and oxygen atoms in total. The number of carboxylic acids is 1. The molecule has 0 aromatic carbocycles. The minimum atomic E-state index is -1.23. The van der Waals surface area contributed by atoms with E-state index in [-0.39, 0.29) is 16.4 Å². The van der Waals surface area contributed by atoms with E-state index in [0.29, 0.717) is 5.69 Å². The van der Waals surface area contributed by atoms with Gasteiger partial charge in [0.25, 0.3) is 0 Å². The number of ether oxygens (including phenoxy) is 1. The summed E-state index contributed by atoms with van der Waals surface area (Å²) in [5.74, 6) is 0.569. The summed E-state index contributed by atoms with van der Waals surface area (Å²) in [6.07, 6.45) is 7.48. The summed E-state index contributed by atoms with van der Waals surface area (Å²) in [6.45, 7) is 12.7. The van der Waals surface area contributed by atoms with Crippen molar-refractivity contribution in [3.05, 3.63) is 58.3 Å². The molecule has 0 amide bonds. The number of hydrogen-bond acceptors (Lipinski definition) is 3. The Morgan fingerprint density at radius 3 is 2.00 bits per heavy atom. The minimum absolute atomic E-state index is 0.130. The summed E-state index contributed by atoms with van der Waals surface area (Å²) in [4.78, 5) is 11.1. The molecule has 1 N–H and O–H groups in total. The van der Waals surface area contributed by atoms with E-state index < -0.39 is 5.97 Å². The lowest BCUT2D eigenvalue weighted by Gasteiger charge is -2.32. The standard InChI is InChI=1S/C23H28N2O3/c1-22(2,3)19-11-15(12-20(28-19)23(4,5)6)10-17-8-9-18(25(17)7)13-16(14-24)21(26)27/h8-13H,1-7H3,(H,26,27)/b16-13-. The molecule has 0 saturated heterocycles. The lowest BCUT2D eigenvalue weighted by Crippen LogP contribution is -2.21. The highest BCUT2D eigenvalue weighted by atomic mass is 16.5. The van der Waals surface area contributed by atoms with Crippen LogP contribution in [0.3, 0.4) is 0 Å². The quantitative estimate of drug-likeness (QED) is 0.571. The van der Waals surface area contributed by atoms with Crippen LogP contribution >= 0.6 is 0 Å². The van der Waals surface area contributed by atoms with Gasteiger partial charge in [-0.15, -0.1) is 0 Å². The molecule has 0 saturated carbocycles. The first-order chi connectivity index (χ1) is 12.8. The Kier molecular flexibility index (Phi) is 5.75. The minimum Gasteiger partial charge on any atom is -0.477 e. The molecule has 1 aliphatic rings. The van der Waals surface area contributed by atoms with Gasteiger partial charge in [-0.25, -0.2) is 4.79 Å². The van der Waals surface area contributed by atoms with Crippen LogP contribution < -0.4 is 0 Å². The molecule has 0 spiro atoms. The van der Waals surface area contributed by atoms with Gasteiger partial charge in [-0.3, -0.25) is 0 Å². The summed E-state index contributed by atoms with van der Waals surface area (Å²) >= 11 is 0. The summed E-state index contributed by atoms with van der Waals surface area (Å²) in [5, 5.41) is 18.0. The highest BCUT2D eigenvalue weighted by molar-refractivity contribution is 5.96. The number of nitriles is 1. The van der Waals surface area contributed by atoms with E-state index in [1.165, 1.54) is 6.08 Å². The smallest absolute Gasteiger partial charge is 0.346 e. The molecule has 0 fully saturated rings. The predicted octanol–water partition coefficient (Wildman–Crippen LogP) is 5.29. The number of rotatable bonds is 3. The third-order valence-corrected chi connectivity index (χ3v) is 4.45. The number of aromatic nitrogens is 1. The molecule has 1 aromatic heterocycles. The normalized spacial score (nSPS) is 15.4. The van der Waals surface area contributed by atoms with E-state index in [1.54, 1.807) is 12.1 Å². The second-order valence-corrected chi connectivity index (χ2v) is 8.98. The molecule has 0 bridgehead atoms. The lowest BCUT2D eigenvalue weighted by atomic mass is 9.87. The van der Waals surface area contributed by atoms with Crippen LogP contribution in [0.15, 0.2) is 46.9 Å². The van der Waals surface area contributed by atoms with Gasteiger partial charge < -0.3 is 14.4 Å². The number of allylic oxidation sites excluding steroid dienone is 5. The monoisotopic (exact) mass is 380 g/mol. The first-order valence-electron chi connectivity index (χ1n) is 9.17. The van der Waals surface area contributed by atoms with Crippen LogP contribution in [0, 0.1) is 22.2 Å². The Labute approximate surface area is 166 Å². The van der Waals surface area contributed by atoms with Crippen molar-refractivity contribution in [2.45, 2.75) is 41.5 Å². The molecule has 148 valence electrons. The van der Waals surface area contributed by atoms with Crippen LogP contribution in [0.1, 0.15) is 52.9 Å². The molecule has 2 heterocycles. The number of carbonyl (C=O) groups is 1. The Bertz CT molecular complexity index is 917. The van der Waals surface area contributed by atoms with Crippen molar-refractivity contribution in [2.24, 2.45) is 17.9 Å².